The lowest BCUT2D eigenvalue weighted by Gasteiger charge is -2.12. The van der Waals surface area contributed by atoms with Crippen LogP contribution in [0.15, 0.2) is 41.5 Å². The van der Waals surface area contributed by atoms with Crippen LogP contribution in [0.5, 0.6) is 23.0 Å². The molecule has 1 aromatic heterocycles. The highest BCUT2D eigenvalue weighted by molar-refractivity contribution is 7.71. The Balaban J connectivity index is 1.96. The van der Waals surface area contributed by atoms with Gasteiger partial charge in [-0.1, -0.05) is 0 Å². The van der Waals surface area contributed by atoms with Crippen molar-refractivity contribution in [3.63, 3.8) is 0 Å². The van der Waals surface area contributed by atoms with Gasteiger partial charge in [-0.2, -0.15) is 14.9 Å². The number of aromatic amines is 1. The zero-order valence-electron chi connectivity index (χ0n) is 16.6. The zero-order chi connectivity index (χ0) is 20.8. The predicted molar refractivity (Wildman–Crippen MR) is 113 cm³/mol. The molecule has 2 aromatic carbocycles. The van der Waals surface area contributed by atoms with E-state index in [0.29, 0.717) is 34.5 Å². The van der Waals surface area contributed by atoms with Crippen LogP contribution in [0, 0.1) is 4.77 Å². The van der Waals surface area contributed by atoms with Crippen LogP contribution in [0.4, 0.5) is 0 Å². The lowest BCUT2D eigenvalue weighted by Crippen LogP contribution is -1.98. The van der Waals surface area contributed by atoms with E-state index >= 15 is 0 Å². The lowest BCUT2D eigenvalue weighted by atomic mass is 10.2. The SMILES string of the molecule is CCOc1ccc(-c2n[nH]c(=S)n2/N=C/c2cc(OC)c(OC)c(OC)c2)cc1. The first-order valence-electron chi connectivity index (χ1n) is 8.86. The number of hydrogen-bond donors (Lipinski definition) is 1. The minimum absolute atomic E-state index is 0.373. The molecule has 9 heteroatoms. The van der Waals surface area contributed by atoms with E-state index < -0.39 is 0 Å². The molecule has 152 valence electrons. The average Bonchev–Trinajstić information content (AvgIpc) is 3.12. The Bertz CT molecular complexity index is 1030. The molecule has 3 rings (SSSR count). The van der Waals surface area contributed by atoms with Gasteiger partial charge in [0.1, 0.15) is 5.75 Å². The number of benzene rings is 2. The standard InChI is InChI=1S/C20H22N4O4S/c1-5-28-15-8-6-14(7-9-15)19-22-23-20(29)24(19)21-12-13-10-16(25-2)18(27-4)17(11-13)26-3/h6-12H,5H2,1-4H3,(H,23,29)/b21-12+. The molecule has 29 heavy (non-hydrogen) atoms. The van der Waals surface area contributed by atoms with Crippen LogP contribution in [0.25, 0.3) is 11.4 Å². The van der Waals surface area contributed by atoms with Gasteiger partial charge in [0.2, 0.25) is 10.5 Å². The second kappa shape index (κ2) is 9.24. The average molecular weight is 414 g/mol. The number of nitrogens with zero attached hydrogens (tertiary/aromatic N) is 3. The highest BCUT2D eigenvalue weighted by Crippen LogP contribution is 2.37. The van der Waals surface area contributed by atoms with E-state index in [4.69, 9.17) is 31.2 Å². The molecule has 0 saturated carbocycles. The third-order valence-corrected chi connectivity index (χ3v) is 4.35. The molecule has 0 spiro atoms. The first-order chi connectivity index (χ1) is 14.1. The fraction of sp³-hybridized carbons (Fsp3) is 0.250. The topological polar surface area (TPSA) is 82.9 Å². The van der Waals surface area contributed by atoms with Gasteiger partial charge in [0, 0.05) is 11.1 Å². The number of aromatic nitrogens is 3. The second-order valence-corrected chi connectivity index (χ2v) is 6.21. The third kappa shape index (κ3) is 4.40. The van der Waals surface area contributed by atoms with Crippen LogP contribution in [0.1, 0.15) is 12.5 Å². The van der Waals surface area contributed by atoms with Gasteiger partial charge >= 0.3 is 0 Å². The molecule has 0 atom stereocenters. The molecular weight excluding hydrogens is 392 g/mol. The Morgan fingerprint density at radius 2 is 1.72 bits per heavy atom. The number of H-pyrrole nitrogens is 1. The molecule has 1 N–H and O–H groups in total. The fourth-order valence-electron chi connectivity index (χ4n) is 2.75. The number of hydrogen-bond acceptors (Lipinski definition) is 7. The van der Waals surface area contributed by atoms with E-state index in [1.807, 2.05) is 31.2 Å². The molecule has 0 unspecified atom stereocenters. The van der Waals surface area contributed by atoms with E-state index in [1.54, 1.807) is 44.4 Å². The van der Waals surface area contributed by atoms with E-state index in [1.165, 1.54) is 0 Å². The summed E-state index contributed by atoms with van der Waals surface area (Å²) >= 11 is 5.33. The van der Waals surface area contributed by atoms with Gasteiger partial charge in [-0.3, -0.25) is 0 Å². The molecule has 0 amide bonds. The maximum absolute atomic E-state index is 5.48. The van der Waals surface area contributed by atoms with Crippen molar-refractivity contribution >= 4 is 18.4 Å². The maximum atomic E-state index is 5.48. The van der Waals surface area contributed by atoms with Crippen molar-refractivity contribution in [3.8, 4) is 34.4 Å². The van der Waals surface area contributed by atoms with Crippen molar-refractivity contribution in [1.29, 1.82) is 0 Å². The molecule has 0 aliphatic rings. The molecule has 0 saturated heterocycles. The molecule has 0 bridgehead atoms. The Kier molecular flexibility index (Phi) is 6.50. The summed E-state index contributed by atoms with van der Waals surface area (Å²) in [6.07, 6.45) is 1.65. The van der Waals surface area contributed by atoms with Gasteiger partial charge in [-0.05, 0) is 55.5 Å². The van der Waals surface area contributed by atoms with E-state index in [0.717, 1.165) is 16.9 Å². The molecule has 0 radical (unpaired) electrons. The fourth-order valence-corrected chi connectivity index (χ4v) is 2.93. The molecular formula is C20H22N4O4S. The summed E-state index contributed by atoms with van der Waals surface area (Å²) in [5.41, 5.74) is 1.60. The highest BCUT2D eigenvalue weighted by atomic mass is 32.1. The Morgan fingerprint density at radius 1 is 1.07 bits per heavy atom. The lowest BCUT2D eigenvalue weighted by molar-refractivity contribution is 0.324. The zero-order valence-corrected chi connectivity index (χ0v) is 17.4. The van der Waals surface area contributed by atoms with Crippen molar-refractivity contribution < 1.29 is 18.9 Å². The monoisotopic (exact) mass is 414 g/mol. The van der Waals surface area contributed by atoms with Crippen molar-refractivity contribution in [3.05, 3.63) is 46.7 Å². The summed E-state index contributed by atoms with van der Waals surface area (Å²) in [4.78, 5) is 0. The summed E-state index contributed by atoms with van der Waals surface area (Å²) in [7, 11) is 4.69. The van der Waals surface area contributed by atoms with Crippen LogP contribution in [-0.2, 0) is 0 Å². The van der Waals surface area contributed by atoms with Crippen LogP contribution in [0.2, 0.25) is 0 Å². The summed E-state index contributed by atoms with van der Waals surface area (Å²) in [6, 6.07) is 11.2. The van der Waals surface area contributed by atoms with Gasteiger partial charge in [0.15, 0.2) is 17.3 Å². The molecule has 0 aliphatic heterocycles. The second-order valence-electron chi connectivity index (χ2n) is 5.82. The first kappa shape index (κ1) is 20.4. The van der Waals surface area contributed by atoms with Gasteiger partial charge in [0.25, 0.3) is 0 Å². The van der Waals surface area contributed by atoms with Gasteiger partial charge in [-0.25, -0.2) is 5.10 Å². The number of methoxy groups -OCH3 is 3. The highest BCUT2D eigenvalue weighted by Gasteiger charge is 2.13. The van der Waals surface area contributed by atoms with Crippen molar-refractivity contribution in [1.82, 2.24) is 14.9 Å². The maximum Gasteiger partial charge on any atom is 0.216 e. The summed E-state index contributed by atoms with van der Waals surface area (Å²) in [6.45, 7) is 2.55. The van der Waals surface area contributed by atoms with E-state index in [9.17, 15) is 0 Å². The molecule has 8 nitrogen and oxygen atoms in total. The Labute approximate surface area is 173 Å². The van der Waals surface area contributed by atoms with Crippen LogP contribution < -0.4 is 18.9 Å². The predicted octanol–water partition coefficient (Wildman–Crippen LogP) is 3.91. The Morgan fingerprint density at radius 3 is 2.28 bits per heavy atom. The molecule has 1 heterocycles. The van der Waals surface area contributed by atoms with Crippen LogP contribution in [0.3, 0.4) is 0 Å². The van der Waals surface area contributed by atoms with E-state index in [-0.39, 0.29) is 0 Å². The van der Waals surface area contributed by atoms with Gasteiger partial charge < -0.3 is 18.9 Å². The molecule has 0 aliphatic carbocycles. The quantitative estimate of drug-likeness (QED) is 0.444. The normalized spacial score (nSPS) is 10.9. The summed E-state index contributed by atoms with van der Waals surface area (Å²) in [5, 5.41) is 11.6. The minimum Gasteiger partial charge on any atom is -0.494 e. The summed E-state index contributed by atoms with van der Waals surface area (Å²) in [5.74, 6) is 2.97. The smallest absolute Gasteiger partial charge is 0.216 e. The number of nitrogens with one attached hydrogen (secondary N) is 1. The molecule has 3 aromatic rings. The largest absolute Gasteiger partial charge is 0.494 e. The Hall–Kier alpha value is -3.33. The van der Waals surface area contributed by atoms with Crippen molar-refractivity contribution in [2.75, 3.05) is 27.9 Å². The van der Waals surface area contributed by atoms with Crippen molar-refractivity contribution in [2.24, 2.45) is 5.10 Å². The summed E-state index contributed by atoms with van der Waals surface area (Å²) < 4.78 is 23.5. The first-order valence-corrected chi connectivity index (χ1v) is 9.27. The van der Waals surface area contributed by atoms with Crippen molar-refractivity contribution in [2.45, 2.75) is 6.92 Å². The number of rotatable bonds is 8. The minimum atomic E-state index is 0.373. The van der Waals surface area contributed by atoms with Crippen LogP contribution in [-0.4, -0.2) is 49.0 Å². The van der Waals surface area contributed by atoms with Crippen LogP contribution >= 0.6 is 12.2 Å². The van der Waals surface area contributed by atoms with E-state index in [2.05, 4.69) is 15.3 Å². The number of ether oxygens (including phenoxy) is 4. The third-order valence-electron chi connectivity index (χ3n) is 4.08. The van der Waals surface area contributed by atoms with Gasteiger partial charge in [-0.15, -0.1) is 0 Å². The van der Waals surface area contributed by atoms with Gasteiger partial charge in [0.05, 0.1) is 34.2 Å². The molecule has 0 fully saturated rings.